The third-order valence-electron chi connectivity index (χ3n) is 4.53. The van der Waals surface area contributed by atoms with Gasteiger partial charge in [0.05, 0.1) is 7.11 Å². The third-order valence-corrected chi connectivity index (χ3v) is 4.53. The van der Waals surface area contributed by atoms with E-state index in [0.717, 1.165) is 17.9 Å². The summed E-state index contributed by atoms with van der Waals surface area (Å²) in [5.74, 6) is 1.81. The van der Waals surface area contributed by atoms with Crippen LogP contribution in [0.4, 0.5) is 5.69 Å². The normalized spacial score (nSPS) is 24.2. The first-order valence-electron chi connectivity index (χ1n) is 7.25. The lowest BCUT2D eigenvalue weighted by Crippen LogP contribution is -2.56. The van der Waals surface area contributed by atoms with Gasteiger partial charge in [0.15, 0.2) is 0 Å². The van der Waals surface area contributed by atoms with Gasteiger partial charge in [-0.25, -0.2) is 0 Å². The van der Waals surface area contributed by atoms with Gasteiger partial charge in [-0.05, 0) is 43.0 Å². The predicted molar refractivity (Wildman–Crippen MR) is 75.5 cm³/mol. The highest BCUT2D eigenvalue weighted by atomic mass is 16.5. The lowest BCUT2D eigenvalue weighted by molar-refractivity contribution is -0.125. The standard InChI is InChI=1S/C16H21NO2/c1-19-14-9-7-13(8-10-14)17-15(11-16(17)18)12-5-3-2-4-6-12/h7-10,12,15H,2-6,11H2,1H3. The highest BCUT2D eigenvalue weighted by Gasteiger charge is 2.42. The molecule has 0 N–H and O–H groups in total. The van der Waals surface area contributed by atoms with Crippen molar-refractivity contribution in [2.75, 3.05) is 12.0 Å². The van der Waals surface area contributed by atoms with Crippen molar-refractivity contribution in [1.82, 2.24) is 0 Å². The number of rotatable bonds is 3. The molecule has 1 amide bonds. The zero-order chi connectivity index (χ0) is 13.2. The Kier molecular flexibility index (Phi) is 3.45. The van der Waals surface area contributed by atoms with E-state index < -0.39 is 0 Å². The number of β-lactam (4-membered cyclic amide) rings is 1. The van der Waals surface area contributed by atoms with E-state index in [9.17, 15) is 4.79 Å². The fourth-order valence-corrected chi connectivity index (χ4v) is 3.42. The van der Waals surface area contributed by atoms with E-state index in [0.29, 0.717) is 12.0 Å². The maximum Gasteiger partial charge on any atom is 0.229 e. The smallest absolute Gasteiger partial charge is 0.229 e. The molecule has 1 atom stereocenters. The molecule has 19 heavy (non-hydrogen) atoms. The predicted octanol–water partition coefficient (Wildman–Crippen LogP) is 3.38. The molecule has 2 fully saturated rings. The Bertz CT molecular complexity index is 448. The molecule has 1 aliphatic heterocycles. The minimum absolute atomic E-state index is 0.265. The van der Waals surface area contributed by atoms with Gasteiger partial charge in [-0.1, -0.05) is 19.3 Å². The van der Waals surface area contributed by atoms with Crippen molar-refractivity contribution in [1.29, 1.82) is 0 Å². The Morgan fingerprint density at radius 2 is 1.79 bits per heavy atom. The van der Waals surface area contributed by atoms with Crippen LogP contribution in [-0.4, -0.2) is 19.1 Å². The SMILES string of the molecule is COc1ccc(N2C(=O)CC2C2CCCCC2)cc1. The first-order valence-corrected chi connectivity index (χ1v) is 7.25. The van der Waals surface area contributed by atoms with E-state index in [2.05, 4.69) is 0 Å². The number of ether oxygens (including phenoxy) is 1. The van der Waals surface area contributed by atoms with Crippen LogP contribution in [0.1, 0.15) is 38.5 Å². The van der Waals surface area contributed by atoms with Gasteiger partial charge in [0.2, 0.25) is 5.91 Å². The molecule has 1 saturated carbocycles. The summed E-state index contributed by atoms with van der Waals surface area (Å²) < 4.78 is 5.17. The van der Waals surface area contributed by atoms with Crippen molar-refractivity contribution in [3.05, 3.63) is 24.3 Å². The molecule has 2 aliphatic rings. The number of methoxy groups -OCH3 is 1. The van der Waals surface area contributed by atoms with Gasteiger partial charge in [0.25, 0.3) is 0 Å². The number of carbonyl (C=O) groups is 1. The average molecular weight is 259 g/mol. The van der Waals surface area contributed by atoms with Gasteiger partial charge in [-0.3, -0.25) is 4.79 Å². The monoisotopic (exact) mass is 259 g/mol. The van der Waals surface area contributed by atoms with Crippen LogP contribution in [0.2, 0.25) is 0 Å². The van der Waals surface area contributed by atoms with Crippen LogP contribution in [0.5, 0.6) is 5.75 Å². The van der Waals surface area contributed by atoms with Crippen molar-refractivity contribution in [2.45, 2.75) is 44.6 Å². The third kappa shape index (κ3) is 2.34. The number of amides is 1. The lowest BCUT2D eigenvalue weighted by Gasteiger charge is -2.46. The van der Waals surface area contributed by atoms with Gasteiger partial charge in [-0.2, -0.15) is 0 Å². The van der Waals surface area contributed by atoms with E-state index in [1.54, 1.807) is 7.11 Å². The van der Waals surface area contributed by atoms with E-state index in [-0.39, 0.29) is 5.91 Å². The molecular weight excluding hydrogens is 238 g/mol. The fraction of sp³-hybridized carbons (Fsp3) is 0.562. The van der Waals surface area contributed by atoms with Crippen molar-refractivity contribution in [3.8, 4) is 5.75 Å². The van der Waals surface area contributed by atoms with Crippen LogP contribution < -0.4 is 9.64 Å². The molecule has 1 aromatic rings. The summed E-state index contributed by atoms with van der Waals surface area (Å²) in [5.41, 5.74) is 1.02. The number of carbonyl (C=O) groups excluding carboxylic acids is 1. The Balaban J connectivity index is 1.75. The lowest BCUT2D eigenvalue weighted by atomic mass is 9.78. The van der Waals surface area contributed by atoms with Crippen LogP contribution in [0.25, 0.3) is 0 Å². The molecule has 102 valence electrons. The number of benzene rings is 1. The van der Waals surface area contributed by atoms with Gasteiger partial charge >= 0.3 is 0 Å². The molecule has 0 spiro atoms. The molecule has 1 aromatic carbocycles. The second-order valence-corrected chi connectivity index (χ2v) is 5.63. The van der Waals surface area contributed by atoms with Crippen molar-refractivity contribution in [3.63, 3.8) is 0 Å². The van der Waals surface area contributed by atoms with Crippen LogP contribution in [-0.2, 0) is 4.79 Å². The zero-order valence-corrected chi connectivity index (χ0v) is 11.5. The largest absolute Gasteiger partial charge is 0.497 e. The van der Waals surface area contributed by atoms with Crippen LogP contribution in [0.3, 0.4) is 0 Å². The van der Waals surface area contributed by atoms with Crippen LogP contribution in [0, 0.1) is 5.92 Å². The number of nitrogens with zero attached hydrogens (tertiary/aromatic N) is 1. The summed E-state index contributed by atoms with van der Waals surface area (Å²) in [6.45, 7) is 0. The molecule has 0 bridgehead atoms. The number of anilines is 1. The van der Waals surface area contributed by atoms with Crippen molar-refractivity contribution >= 4 is 11.6 Å². The maximum absolute atomic E-state index is 11.9. The van der Waals surface area contributed by atoms with E-state index in [4.69, 9.17) is 4.74 Å². The molecule has 3 rings (SSSR count). The molecule has 3 heteroatoms. The quantitative estimate of drug-likeness (QED) is 0.779. The Morgan fingerprint density at radius 3 is 2.37 bits per heavy atom. The zero-order valence-electron chi connectivity index (χ0n) is 11.5. The average Bonchev–Trinajstić information content (AvgIpc) is 2.46. The molecule has 3 nitrogen and oxygen atoms in total. The summed E-state index contributed by atoms with van der Waals surface area (Å²) in [5, 5.41) is 0. The fourth-order valence-electron chi connectivity index (χ4n) is 3.42. The summed E-state index contributed by atoms with van der Waals surface area (Å²) in [6, 6.07) is 8.27. The molecular formula is C16H21NO2. The molecule has 0 aromatic heterocycles. The van der Waals surface area contributed by atoms with Crippen LogP contribution >= 0.6 is 0 Å². The van der Waals surface area contributed by atoms with Gasteiger partial charge in [0.1, 0.15) is 5.75 Å². The molecule has 0 radical (unpaired) electrons. The van der Waals surface area contributed by atoms with Crippen molar-refractivity contribution in [2.24, 2.45) is 5.92 Å². The summed E-state index contributed by atoms with van der Waals surface area (Å²) >= 11 is 0. The van der Waals surface area contributed by atoms with Crippen molar-refractivity contribution < 1.29 is 9.53 Å². The minimum atomic E-state index is 0.265. The second-order valence-electron chi connectivity index (χ2n) is 5.63. The number of hydrogen-bond acceptors (Lipinski definition) is 2. The number of hydrogen-bond donors (Lipinski definition) is 0. The highest BCUT2D eigenvalue weighted by molar-refractivity contribution is 6.00. The summed E-state index contributed by atoms with van der Waals surface area (Å²) in [7, 11) is 1.66. The Morgan fingerprint density at radius 1 is 1.11 bits per heavy atom. The first-order chi connectivity index (χ1) is 9.29. The summed E-state index contributed by atoms with van der Waals surface area (Å²) in [6.07, 6.45) is 7.31. The minimum Gasteiger partial charge on any atom is -0.497 e. The van der Waals surface area contributed by atoms with Gasteiger partial charge in [0, 0.05) is 18.2 Å². The summed E-state index contributed by atoms with van der Waals surface area (Å²) in [4.78, 5) is 13.9. The van der Waals surface area contributed by atoms with E-state index >= 15 is 0 Å². The molecule has 1 heterocycles. The Labute approximate surface area is 114 Å². The van der Waals surface area contributed by atoms with E-state index in [1.165, 1.54) is 32.1 Å². The van der Waals surface area contributed by atoms with Crippen LogP contribution in [0.15, 0.2) is 24.3 Å². The maximum atomic E-state index is 11.9. The van der Waals surface area contributed by atoms with Gasteiger partial charge < -0.3 is 9.64 Å². The highest BCUT2D eigenvalue weighted by Crippen LogP contribution is 2.38. The second kappa shape index (κ2) is 5.24. The molecule has 1 saturated heterocycles. The topological polar surface area (TPSA) is 29.5 Å². The molecule has 1 aliphatic carbocycles. The van der Waals surface area contributed by atoms with Gasteiger partial charge in [-0.15, -0.1) is 0 Å². The Hall–Kier alpha value is -1.51. The van der Waals surface area contributed by atoms with E-state index in [1.807, 2.05) is 29.2 Å². The molecule has 1 unspecified atom stereocenters. The first kappa shape index (κ1) is 12.5.